The molecule has 7 heteroatoms. The van der Waals surface area contributed by atoms with E-state index in [4.69, 9.17) is 27.9 Å². The van der Waals surface area contributed by atoms with Crippen molar-refractivity contribution in [2.45, 2.75) is 6.92 Å². The van der Waals surface area contributed by atoms with Crippen molar-refractivity contribution >= 4 is 40.7 Å². The number of ether oxygens (including phenoxy) is 1. The van der Waals surface area contributed by atoms with Gasteiger partial charge in [0, 0.05) is 25.4 Å². The highest BCUT2D eigenvalue weighted by Crippen LogP contribution is 2.31. The summed E-state index contributed by atoms with van der Waals surface area (Å²) in [6.45, 7) is 3.12. The lowest BCUT2D eigenvalue weighted by Crippen LogP contribution is -2.11. The molecule has 0 atom stereocenters. The number of nitrogens with zero attached hydrogens (tertiary/aromatic N) is 2. The van der Waals surface area contributed by atoms with Crippen molar-refractivity contribution < 1.29 is 4.74 Å². The van der Waals surface area contributed by atoms with Crippen LogP contribution in [0.15, 0.2) is 24.3 Å². The number of methoxy groups -OCH3 is 1. The van der Waals surface area contributed by atoms with Gasteiger partial charge in [0.25, 0.3) is 0 Å². The lowest BCUT2D eigenvalue weighted by molar-refractivity contribution is 0.210. The first-order chi connectivity index (χ1) is 10.1. The summed E-state index contributed by atoms with van der Waals surface area (Å²) in [7, 11) is 1.65. The molecule has 0 saturated carbocycles. The Labute approximate surface area is 133 Å². The standard InChI is InChI=1S/C14H16Cl2N4O/c1-9-8-12(20-14(18-9)17-6-7-21-2)19-11-5-3-4-10(15)13(11)16/h3-5,8H,6-7H2,1-2H3,(H2,17,18,19,20). The van der Waals surface area contributed by atoms with Gasteiger partial charge in [-0.2, -0.15) is 4.98 Å². The Kier molecular flexibility index (Phi) is 5.61. The van der Waals surface area contributed by atoms with Gasteiger partial charge in [-0.25, -0.2) is 4.98 Å². The van der Waals surface area contributed by atoms with E-state index in [1.807, 2.05) is 25.1 Å². The van der Waals surface area contributed by atoms with Gasteiger partial charge in [0.1, 0.15) is 5.82 Å². The number of halogens is 2. The maximum Gasteiger partial charge on any atom is 0.224 e. The Morgan fingerprint density at radius 3 is 2.81 bits per heavy atom. The van der Waals surface area contributed by atoms with Gasteiger partial charge in [0.15, 0.2) is 0 Å². The van der Waals surface area contributed by atoms with E-state index in [2.05, 4.69) is 20.6 Å². The van der Waals surface area contributed by atoms with Gasteiger partial charge in [-0.3, -0.25) is 0 Å². The molecule has 2 aromatic rings. The fourth-order valence-corrected chi connectivity index (χ4v) is 2.06. The van der Waals surface area contributed by atoms with Crippen LogP contribution in [0.4, 0.5) is 17.5 Å². The number of rotatable bonds is 6. The predicted octanol–water partition coefficient (Wildman–Crippen LogP) is 3.89. The second-order valence-corrected chi connectivity index (χ2v) is 5.15. The van der Waals surface area contributed by atoms with Crippen molar-refractivity contribution in [1.29, 1.82) is 0 Å². The number of aryl methyl sites for hydroxylation is 1. The van der Waals surface area contributed by atoms with E-state index in [-0.39, 0.29) is 0 Å². The average molecular weight is 327 g/mol. The lowest BCUT2D eigenvalue weighted by atomic mass is 10.3. The molecule has 5 nitrogen and oxygen atoms in total. The minimum atomic E-state index is 0.462. The Hall–Kier alpha value is -1.56. The van der Waals surface area contributed by atoms with Crippen LogP contribution in [0.3, 0.4) is 0 Å². The Morgan fingerprint density at radius 2 is 2.05 bits per heavy atom. The highest BCUT2D eigenvalue weighted by Gasteiger charge is 2.07. The summed E-state index contributed by atoms with van der Waals surface area (Å²) < 4.78 is 4.98. The number of anilines is 3. The molecule has 1 heterocycles. The van der Waals surface area contributed by atoms with Gasteiger partial charge in [0.05, 0.1) is 22.3 Å². The topological polar surface area (TPSA) is 59.1 Å². The lowest BCUT2D eigenvalue weighted by Gasteiger charge is -2.11. The number of hydrogen-bond acceptors (Lipinski definition) is 5. The first-order valence-electron chi connectivity index (χ1n) is 6.39. The fourth-order valence-electron chi connectivity index (χ4n) is 1.71. The van der Waals surface area contributed by atoms with Crippen molar-refractivity contribution in [3.05, 3.63) is 40.0 Å². The minimum absolute atomic E-state index is 0.462. The largest absolute Gasteiger partial charge is 0.383 e. The Morgan fingerprint density at radius 1 is 1.24 bits per heavy atom. The number of nitrogens with one attached hydrogen (secondary N) is 2. The van der Waals surface area contributed by atoms with E-state index >= 15 is 0 Å². The van der Waals surface area contributed by atoms with Crippen LogP contribution in [-0.4, -0.2) is 30.2 Å². The normalized spacial score (nSPS) is 10.5. The van der Waals surface area contributed by atoms with Crippen LogP contribution in [-0.2, 0) is 4.74 Å². The van der Waals surface area contributed by atoms with E-state index in [9.17, 15) is 0 Å². The van der Waals surface area contributed by atoms with Crippen LogP contribution in [0.5, 0.6) is 0 Å². The molecule has 0 aliphatic rings. The van der Waals surface area contributed by atoms with Crippen molar-refractivity contribution in [1.82, 2.24) is 9.97 Å². The maximum absolute atomic E-state index is 6.16. The molecule has 0 aliphatic heterocycles. The van der Waals surface area contributed by atoms with Crippen molar-refractivity contribution in [2.24, 2.45) is 0 Å². The Balaban J connectivity index is 2.17. The average Bonchev–Trinajstić information content (AvgIpc) is 2.44. The molecule has 2 N–H and O–H groups in total. The van der Waals surface area contributed by atoms with Gasteiger partial charge < -0.3 is 15.4 Å². The molecular formula is C14H16Cl2N4O. The molecule has 0 bridgehead atoms. The molecule has 0 amide bonds. The van der Waals surface area contributed by atoms with Gasteiger partial charge in [-0.05, 0) is 19.1 Å². The first-order valence-corrected chi connectivity index (χ1v) is 7.15. The second kappa shape index (κ2) is 7.45. The van der Waals surface area contributed by atoms with Crippen LogP contribution < -0.4 is 10.6 Å². The third-order valence-corrected chi connectivity index (χ3v) is 3.48. The van der Waals surface area contributed by atoms with Crippen molar-refractivity contribution in [3.8, 4) is 0 Å². The van der Waals surface area contributed by atoms with Crippen LogP contribution in [0.25, 0.3) is 0 Å². The summed E-state index contributed by atoms with van der Waals surface area (Å²) >= 11 is 12.2. The second-order valence-electron chi connectivity index (χ2n) is 4.36. The highest BCUT2D eigenvalue weighted by atomic mass is 35.5. The summed E-state index contributed by atoms with van der Waals surface area (Å²) in [6, 6.07) is 7.22. The number of hydrogen-bond donors (Lipinski definition) is 2. The van der Waals surface area contributed by atoms with E-state index in [0.29, 0.717) is 40.7 Å². The zero-order valence-corrected chi connectivity index (χ0v) is 13.3. The highest BCUT2D eigenvalue weighted by molar-refractivity contribution is 6.43. The zero-order valence-electron chi connectivity index (χ0n) is 11.8. The molecule has 21 heavy (non-hydrogen) atoms. The summed E-state index contributed by atoms with van der Waals surface area (Å²) in [5.41, 5.74) is 1.54. The van der Waals surface area contributed by atoms with Gasteiger partial charge in [-0.15, -0.1) is 0 Å². The smallest absolute Gasteiger partial charge is 0.224 e. The summed E-state index contributed by atoms with van der Waals surface area (Å²) in [5, 5.41) is 7.19. The van der Waals surface area contributed by atoms with Crippen LogP contribution >= 0.6 is 23.2 Å². The summed E-state index contributed by atoms with van der Waals surface area (Å²) in [6.07, 6.45) is 0. The third kappa shape index (κ3) is 4.46. The predicted molar refractivity (Wildman–Crippen MR) is 86.9 cm³/mol. The van der Waals surface area contributed by atoms with Crippen molar-refractivity contribution in [3.63, 3.8) is 0 Å². The van der Waals surface area contributed by atoms with E-state index in [1.54, 1.807) is 13.2 Å². The van der Waals surface area contributed by atoms with Gasteiger partial charge >= 0.3 is 0 Å². The molecule has 0 fully saturated rings. The maximum atomic E-state index is 6.16. The van der Waals surface area contributed by atoms with Gasteiger partial charge in [0.2, 0.25) is 5.95 Å². The monoisotopic (exact) mass is 326 g/mol. The van der Waals surface area contributed by atoms with Crippen LogP contribution in [0.1, 0.15) is 5.69 Å². The molecule has 0 unspecified atom stereocenters. The third-order valence-electron chi connectivity index (χ3n) is 2.66. The molecule has 0 spiro atoms. The number of benzene rings is 1. The SMILES string of the molecule is COCCNc1nc(C)cc(Nc2cccc(Cl)c2Cl)n1. The zero-order chi connectivity index (χ0) is 15.2. The van der Waals surface area contributed by atoms with Gasteiger partial charge in [-0.1, -0.05) is 29.3 Å². The van der Waals surface area contributed by atoms with Crippen molar-refractivity contribution in [2.75, 3.05) is 30.9 Å². The van der Waals surface area contributed by atoms with E-state index < -0.39 is 0 Å². The van der Waals surface area contributed by atoms with Crippen LogP contribution in [0.2, 0.25) is 10.0 Å². The van der Waals surface area contributed by atoms with Crippen LogP contribution in [0, 0.1) is 6.92 Å². The minimum Gasteiger partial charge on any atom is -0.383 e. The molecule has 112 valence electrons. The van der Waals surface area contributed by atoms with E-state index in [0.717, 1.165) is 5.69 Å². The molecule has 1 aromatic carbocycles. The molecular weight excluding hydrogens is 311 g/mol. The number of aromatic nitrogens is 2. The fraction of sp³-hybridized carbons (Fsp3) is 0.286. The summed E-state index contributed by atoms with van der Waals surface area (Å²) in [4.78, 5) is 8.69. The Bertz CT molecular complexity index is 622. The molecule has 0 aliphatic carbocycles. The van der Waals surface area contributed by atoms with E-state index in [1.165, 1.54) is 0 Å². The molecule has 1 aromatic heterocycles. The summed E-state index contributed by atoms with van der Waals surface area (Å²) in [5.74, 6) is 1.18. The molecule has 2 rings (SSSR count). The first kappa shape index (κ1) is 15.8. The molecule has 0 radical (unpaired) electrons. The molecule has 0 saturated heterocycles. The quantitative estimate of drug-likeness (QED) is 0.788.